The number of carbonyl (C=O) groups is 1. The SMILES string of the molecule is NC(=O)c1cncc(-c2cc[nH]n2)n1. The van der Waals surface area contributed by atoms with Gasteiger partial charge in [-0.1, -0.05) is 0 Å². The van der Waals surface area contributed by atoms with Crippen molar-refractivity contribution in [3.05, 3.63) is 30.4 Å². The Kier molecular flexibility index (Phi) is 1.94. The summed E-state index contributed by atoms with van der Waals surface area (Å²) in [5, 5.41) is 6.55. The van der Waals surface area contributed by atoms with E-state index in [9.17, 15) is 4.79 Å². The fourth-order valence-electron chi connectivity index (χ4n) is 1.01. The molecule has 0 radical (unpaired) electrons. The third kappa shape index (κ3) is 1.45. The molecule has 0 spiro atoms. The molecule has 0 fully saturated rings. The maximum Gasteiger partial charge on any atom is 0.268 e. The van der Waals surface area contributed by atoms with Crippen molar-refractivity contribution in [2.45, 2.75) is 0 Å². The molecule has 1 amide bonds. The lowest BCUT2D eigenvalue weighted by Crippen LogP contribution is -2.13. The second kappa shape index (κ2) is 3.25. The Labute approximate surface area is 79.2 Å². The first kappa shape index (κ1) is 8.36. The van der Waals surface area contributed by atoms with Gasteiger partial charge < -0.3 is 5.73 Å². The molecule has 2 rings (SSSR count). The number of H-pyrrole nitrogens is 1. The number of nitrogens with one attached hydrogen (secondary N) is 1. The van der Waals surface area contributed by atoms with Crippen LogP contribution >= 0.6 is 0 Å². The van der Waals surface area contributed by atoms with E-state index in [1.165, 1.54) is 12.4 Å². The van der Waals surface area contributed by atoms with Crippen molar-refractivity contribution in [2.24, 2.45) is 5.73 Å². The highest BCUT2D eigenvalue weighted by Gasteiger charge is 2.06. The summed E-state index contributed by atoms with van der Waals surface area (Å²) in [6.45, 7) is 0. The largest absolute Gasteiger partial charge is 0.364 e. The molecule has 0 saturated carbocycles. The Morgan fingerprint density at radius 2 is 2.21 bits per heavy atom. The molecule has 0 saturated heterocycles. The lowest BCUT2D eigenvalue weighted by molar-refractivity contribution is 0.0995. The molecule has 0 aliphatic heterocycles. The molecular weight excluding hydrogens is 182 g/mol. The van der Waals surface area contributed by atoms with Gasteiger partial charge in [0.1, 0.15) is 17.1 Å². The van der Waals surface area contributed by atoms with Gasteiger partial charge in [0.05, 0.1) is 12.4 Å². The molecular formula is C8H7N5O. The van der Waals surface area contributed by atoms with E-state index >= 15 is 0 Å². The molecule has 14 heavy (non-hydrogen) atoms. The van der Waals surface area contributed by atoms with Crippen molar-refractivity contribution in [1.82, 2.24) is 20.2 Å². The van der Waals surface area contributed by atoms with E-state index in [1.54, 1.807) is 12.3 Å². The molecule has 6 heteroatoms. The van der Waals surface area contributed by atoms with E-state index in [2.05, 4.69) is 20.2 Å². The molecule has 2 aromatic rings. The van der Waals surface area contributed by atoms with Gasteiger partial charge in [0.2, 0.25) is 0 Å². The van der Waals surface area contributed by atoms with Gasteiger partial charge in [0.15, 0.2) is 0 Å². The first-order valence-corrected chi connectivity index (χ1v) is 3.89. The number of amides is 1. The van der Waals surface area contributed by atoms with Crippen LogP contribution in [0, 0.1) is 0 Å². The van der Waals surface area contributed by atoms with Crippen molar-refractivity contribution in [1.29, 1.82) is 0 Å². The van der Waals surface area contributed by atoms with Crippen molar-refractivity contribution < 1.29 is 4.79 Å². The molecule has 0 aromatic carbocycles. The Bertz CT molecular complexity index is 451. The van der Waals surface area contributed by atoms with Gasteiger partial charge in [0, 0.05) is 6.20 Å². The lowest BCUT2D eigenvalue weighted by Gasteiger charge is -1.96. The third-order valence-electron chi connectivity index (χ3n) is 1.65. The first-order chi connectivity index (χ1) is 6.77. The van der Waals surface area contributed by atoms with Crippen LogP contribution in [0.2, 0.25) is 0 Å². The molecule has 2 aromatic heterocycles. The third-order valence-corrected chi connectivity index (χ3v) is 1.65. The Morgan fingerprint density at radius 1 is 1.36 bits per heavy atom. The highest BCUT2D eigenvalue weighted by atomic mass is 16.1. The van der Waals surface area contributed by atoms with Gasteiger partial charge in [-0.2, -0.15) is 5.10 Å². The minimum Gasteiger partial charge on any atom is -0.364 e. The van der Waals surface area contributed by atoms with Gasteiger partial charge in [-0.25, -0.2) is 4.98 Å². The van der Waals surface area contributed by atoms with Crippen LogP contribution in [0.4, 0.5) is 0 Å². The molecule has 0 unspecified atom stereocenters. The summed E-state index contributed by atoms with van der Waals surface area (Å²) in [5.41, 5.74) is 6.34. The number of hydrogen-bond acceptors (Lipinski definition) is 4. The maximum absolute atomic E-state index is 10.8. The van der Waals surface area contributed by atoms with Crippen molar-refractivity contribution >= 4 is 5.91 Å². The number of aromatic nitrogens is 4. The van der Waals surface area contributed by atoms with Crippen molar-refractivity contribution in [3.63, 3.8) is 0 Å². The number of nitrogens with zero attached hydrogens (tertiary/aromatic N) is 3. The van der Waals surface area contributed by atoms with E-state index in [0.29, 0.717) is 11.4 Å². The van der Waals surface area contributed by atoms with Crippen LogP contribution in [0.15, 0.2) is 24.7 Å². The minimum absolute atomic E-state index is 0.130. The molecule has 3 N–H and O–H groups in total. The first-order valence-electron chi connectivity index (χ1n) is 3.89. The molecule has 2 heterocycles. The fraction of sp³-hybridized carbons (Fsp3) is 0. The minimum atomic E-state index is -0.602. The normalized spacial score (nSPS) is 10.0. The van der Waals surface area contributed by atoms with E-state index in [0.717, 1.165) is 0 Å². The zero-order chi connectivity index (χ0) is 9.97. The van der Waals surface area contributed by atoms with Crippen LogP contribution in [0.5, 0.6) is 0 Å². The lowest BCUT2D eigenvalue weighted by atomic mass is 10.3. The number of rotatable bonds is 2. The number of carbonyl (C=O) groups excluding carboxylic acids is 1. The molecule has 0 atom stereocenters. The second-order valence-corrected chi connectivity index (χ2v) is 2.61. The predicted molar refractivity (Wildman–Crippen MR) is 48.1 cm³/mol. The summed E-state index contributed by atoms with van der Waals surface area (Å²) in [6, 6.07) is 1.73. The van der Waals surface area contributed by atoms with Gasteiger partial charge in [-0.3, -0.25) is 14.9 Å². The number of nitrogens with two attached hydrogens (primary N) is 1. The summed E-state index contributed by atoms with van der Waals surface area (Å²) in [5.74, 6) is -0.602. The summed E-state index contributed by atoms with van der Waals surface area (Å²) >= 11 is 0. The zero-order valence-electron chi connectivity index (χ0n) is 7.14. The van der Waals surface area contributed by atoms with E-state index in [4.69, 9.17) is 5.73 Å². The van der Waals surface area contributed by atoms with Gasteiger partial charge >= 0.3 is 0 Å². The van der Waals surface area contributed by atoms with Crippen LogP contribution < -0.4 is 5.73 Å². The average Bonchev–Trinajstić information content (AvgIpc) is 2.71. The number of hydrogen-bond donors (Lipinski definition) is 2. The maximum atomic E-state index is 10.8. The van der Waals surface area contributed by atoms with Crippen LogP contribution in [0.1, 0.15) is 10.5 Å². The molecule has 6 nitrogen and oxygen atoms in total. The Hall–Kier alpha value is -2.24. The predicted octanol–water partition coefficient (Wildman–Crippen LogP) is -0.0344. The number of primary amides is 1. The summed E-state index contributed by atoms with van der Waals surface area (Å²) in [6.07, 6.45) is 4.50. The molecule has 0 aliphatic carbocycles. The Balaban J connectivity index is 2.46. The van der Waals surface area contributed by atoms with Crippen LogP contribution in [0.25, 0.3) is 11.4 Å². The monoisotopic (exact) mass is 189 g/mol. The molecule has 0 bridgehead atoms. The highest BCUT2D eigenvalue weighted by molar-refractivity contribution is 5.90. The van der Waals surface area contributed by atoms with Gasteiger partial charge in [-0.05, 0) is 6.07 Å². The topological polar surface area (TPSA) is 97.6 Å². The number of aromatic amines is 1. The fourth-order valence-corrected chi connectivity index (χ4v) is 1.01. The smallest absolute Gasteiger partial charge is 0.268 e. The highest BCUT2D eigenvalue weighted by Crippen LogP contribution is 2.11. The average molecular weight is 189 g/mol. The van der Waals surface area contributed by atoms with Gasteiger partial charge in [-0.15, -0.1) is 0 Å². The quantitative estimate of drug-likeness (QED) is 0.692. The Morgan fingerprint density at radius 3 is 2.86 bits per heavy atom. The molecule has 0 aliphatic rings. The standard InChI is InChI=1S/C8H7N5O/c9-8(14)7-4-10-3-6(12-7)5-1-2-11-13-5/h1-4H,(H2,9,14)(H,11,13). The summed E-state index contributed by atoms with van der Waals surface area (Å²) in [7, 11) is 0. The van der Waals surface area contributed by atoms with E-state index < -0.39 is 5.91 Å². The van der Waals surface area contributed by atoms with Gasteiger partial charge in [0.25, 0.3) is 5.91 Å². The zero-order valence-corrected chi connectivity index (χ0v) is 7.14. The van der Waals surface area contributed by atoms with Crippen LogP contribution in [-0.4, -0.2) is 26.1 Å². The summed E-state index contributed by atoms with van der Waals surface area (Å²) < 4.78 is 0. The van der Waals surface area contributed by atoms with Crippen LogP contribution in [-0.2, 0) is 0 Å². The molecule has 70 valence electrons. The van der Waals surface area contributed by atoms with Crippen LogP contribution in [0.3, 0.4) is 0 Å². The van der Waals surface area contributed by atoms with Crippen molar-refractivity contribution in [2.75, 3.05) is 0 Å². The van der Waals surface area contributed by atoms with E-state index in [-0.39, 0.29) is 5.69 Å². The van der Waals surface area contributed by atoms with Crippen molar-refractivity contribution in [3.8, 4) is 11.4 Å². The second-order valence-electron chi connectivity index (χ2n) is 2.61. The van der Waals surface area contributed by atoms with E-state index in [1.807, 2.05) is 0 Å². The summed E-state index contributed by atoms with van der Waals surface area (Å²) in [4.78, 5) is 18.7.